The van der Waals surface area contributed by atoms with Gasteiger partial charge < -0.3 is 0 Å². The fourth-order valence-electron chi connectivity index (χ4n) is 2.47. The fraction of sp³-hybridized carbons (Fsp3) is 0.714. The molecule has 94 valence electrons. The van der Waals surface area contributed by atoms with Gasteiger partial charge in [-0.3, -0.25) is 0 Å². The van der Waals surface area contributed by atoms with Crippen molar-refractivity contribution < 1.29 is 0 Å². The summed E-state index contributed by atoms with van der Waals surface area (Å²) in [5, 5.41) is 0.600. The van der Waals surface area contributed by atoms with Crippen LogP contribution in [-0.4, -0.2) is 9.97 Å². The average molecular weight is 253 g/mol. The minimum Gasteiger partial charge on any atom is -0.237 e. The van der Waals surface area contributed by atoms with Gasteiger partial charge in [0, 0.05) is 11.6 Å². The van der Waals surface area contributed by atoms with Gasteiger partial charge in [-0.15, -0.1) is 0 Å². The molecule has 1 saturated carbocycles. The van der Waals surface area contributed by atoms with Gasteiger partial charge in [-0.25, -0.2) is 9.97 Å². The summed E-state index contributed by atoms with van der Waals surface area (Å²) in [6.45, 7) is 4.30. The normalized spacial score (nSPS) is 18.4. The molecule has 1 fully saturated rings. The van der Waals surface area contributed by atoms with Gasteiger partial charge in [-0.1, -0.05) is 51.1 Å². The van der Waals surface area contributed by atoms with Crippen molar-refractivity contribution in [1.29, 1.82) is 0 Å². The largest absolute Gasteiger partial charge is 0.237 e. The molecule has 3 heteroatoms. The molecule has 1 aliphatic carbocycles. The van der Waals surface area contributed by atoms with E-state index in [-0.39, 0.29) is 0 Å². The van der Waals surface area contributed by atoms with E-state index >= 15 is 0 Å². The summed E-state index contributed by atoms with van der Waals surface area (Å²) in [5.74, 6) is 1.91. The highest BCUT2D eigenvalue weighted by Crippen LogP contribution is 2.31. The zero-order chi connectivity index (χ0) is 12.3. The Morgan fingerprint density at radius 2 is 1.76 bits per heavy atom. The first-order valence-electron chi connectivity index (χ1n) is 6.71. The summed E-state index contributed by atoms with van der Waals surface area (Å²) in [4.78, 5) is 9.14. The van der Waals surface area contributed by atoms with Gasteiger partial charge >= 0.3 is 0 Å². The molecule has 0 atom stereocenters. The molecule has 1 aromatic heterocycles. The molecule has 1 aromatic rings. The van der Waals surface area contributed by atoms with Crippen molar-refractivity contribution in [3.05, 3.63) is 22.7 Å². The SMILES string of the molecule is CC(C)c1cc(Cl)nc(C2CCCCCC2)n1. The van der Waals surface area contributed by atoms with Gasteiger partial charge in [0.2, 0.25) is 0 Å². The predicted molar refractivity (Wildman–Crippen MR) is 71.6 cm³/mol. The lowest BCUT2D eigenvalue weighted by atomic mass is 9.99. The second-order valence-corrected chi connectivity index (χ2v) is 5.70. The lowest BCUT2D eigenvalue weighted by molar-refractivity contribution is 0.555. The van der Waals surface area contributed by atoms with Crippen molar-refractivity contribution in [3.8, 4) is 0 Å². The molecule has 1 heterocycles. The molecule has 1 aliphatic rings. The summed E-state index contributed by atoms with van der Waals surface area (Å²) < 4.78 is 0. The Morgan fingerprint density at radius 1 is 1.12 bits per heavy atom. The Bertz CT molecular complexity index is 368. The highest BCUT2D eigenvalue weighted by molar-refractivity contribution is 6.29. The van der Waals surface area contributed by atoms with Gasteiger partial charge in [0.15, 0.2) is 0 Å². The maximum Gasteiger partial charge on any atom is 0.133 e. The van der Waals surface area contributed by atoms with Crippen molar-refractivity contribution >= 4 is 11.6 Å². The van der Waals surface area contributed by atoms with Crippen molar-refractivity contribution in [2.45, 2.75) is 64.2 Å². The quantitative estimate of drug-likeness (QED) is 0.564. The second-order valence-electron chi connectivity index (χ2n) is 5.32. The highest BCUT2D eigenvalue weighted by Gasteiger charge is 2.18. The molecular weight excluding hydrogens is 232 g/mol. The molecule has 0 aliphatic heterocycles. The van der Waals surface area contributed by atoms with Gasteiger partial charge in [0.1, 0.15) is 11.0 Å². The second kappa shape index (κ2) is 5.81. The van der Waals surface area contributed by atoms with E-state index in [1.807, 2.05) is 6.07 Å². The molecular formula is C14H21ClN2. The van der Waals surface area contributed by atoms with Crippen LogP contribution in [-0.2, 0) is 0 Å². The topological polar surface area (TPSA) is 25.8 Å². The minimum absolute atomic E-state index is 0.417. The summed E-state index contributed by atoms with van der Waals surface area (Å²) >= 11 is 6.10. The first-order valence-corrected chi connectivity index (χ1v) is 7.09. The first-order chi connectivity index (χ1) is 8.16. The molecule has 0 bridgehead atoms. The highest BCUT2D eigenvalue weighted by atomic mass is 35.5. The van der Waals surface area contributed by atoms with Crippen LogP contribution in [0.15, 0.2) is 6.07 Å². The predicted octanol–water partition coefficient (Wildman–Crippen LogP) is 4.69. The first kappa shape index (κ1) is 12.8. The third kappa shape index (κ3) is 3.41. The monoisotopic (exact) mass is 252 g/mol. The van der Waals surface area contributed by atoms with Crippen LogP contribution < -0.4 is 0 Å². The average Bonchev–Trinajstić information content (AvgIpc) is 2.56. The zero-order valence-electron chi connectivity index (χ0n) is 10.7. The molecule has 0 aromatic carbocycles. The molecule has 0 amide bonds. The van der Waals surface area contributed by atoms with Gasteiger partial charge in [0.25, 0.3) is 0 Å². The van der Waals surface area contributed by atoms with Crippen LogP contribution in [0.4, 0.5) is 0 Å². The minimum atomic E-state index is 0.417. The van der Waals surface area contributed by atoms with Crippen LogP contribution in [0.25, 0.3) is 0 Å². The number of hydrogen-bond acceptors (Lipinski definition) is 2. The standard InChI is InChI=1S/C14H21ClN2/c1-10(2)12-9-13(15)17-14(16-12)11-7-5-3-4-6-8-11/h9-11H,3-8H2,1-2H3. The Morgan fingerprint density at radius 3 is 2.35 bits per heavy atom. The number of aromatic nitrogens is 2. The van der Waals surface area contributed by atoms with Crippen LogP contribution >= 0.6 is 11.6 Å². The molecule has 0 saturated heterocycles. The smallest absolute Gasteiger partial charge is 0.133 e. The molecule has 0 N–H and O–H groups in total. The van der Waals surface area contributed by atoms with E-state index in [2.05, 4.69) is 18.8 Å². The van der Waals surface area contributed by atoms with Crippen LogP contribution in [0, 0.1) is 0 Å². The summed E-state index contributed by atoms with van der Waals surface area (Å²) in [6, 6.07) is 1.90. The number of hydrogen-bond donors (Lipinski definition) is 0. The van der Waals surface area contributed by atoms with E-state index in [0.717, 1.165) is 11.5 Å². The maximum absolute atomic E-state index is 6.10. The number of rotatable bonds is 2. The summed E-state index contributed by atoms with van der Waals surface area (Å²) in [7, 11) is 0. The lowest BCUT2D eigenvalue weighted by Gasteiger charge is -2.15. The van der Waals surface area contributed by atoms with Gasteiger partial charge in [-0.05, 0) is 24.8 Å². The Labute approximate surface area is 109 Å². The molecule has 2 rings (SSSR count). The van der Waals surface area contributed by atoms with Gasteiger partial charge in [-0.2, -0.15) is 0 Å². The van der Waals surface area contributed by atoms with E-state index in [1.165, 1.54) is 38.5 Å². The Hall–Kier alpha value is -0.630. The third-order valence-corrected chi connectivity index (χ3v) is 3.74. The van der Waals surface area contributed by atoms with Crippen LogP contribution in [0.2, 0.25) is 5.15 Å². The van der Waals surface area contributed by atoms with Crippen molar-refractivity contribution in [3.63, 3.8) is 0 Å². The zero-order valence-corrected chi connectivity index (χ0v) is 11.5. The Kier molecular flexibility index (Phi) is 4.38. The number of nitrogens with zero attached hydrogens (tertiary/aromatic N) is 2. The van der Waals surface area contributed by atoms with E-state index in [4.69, 9.17) is 16.6 Å². The van der Waals surface area contributed by atoms with Gasteiger partial charge in [0.05, 0.1) is 0 Å². The lowest BCUT2D eigenvalue weighted by Crippen LogP contribution is -2.07. The van der Waals surface area contributed by atoms with E-state index < -0.39 is 0 Å². The summed E-state index contributed by atoms with van der Waals surface area (Å²) in [6.07, 6.45) is 7.76. The summed E-state index contributed by atoms with van der Waals surface area (Å²) in [5.41, 5.74) is 1.07. The van der Waals surface area contributed by atoms with E-state index in [1.54, 1.807) is 0 Å². The number of halogens is 1. The molecule has 17 heavy (non-hydrogen) atoms. The van der Waals surface area contributed by atoms with E-state index in [0.29, 0.717) is 17.0 Å². The molecule has 0 radical (unpaired) electrons. The fourth-order valence-corrected chi connectivity index (χ4v) is 2.67. The van der Waals surface area contributed by atoms with E-state index in [9.17, 15) is 0 Å². The Balaban J connectivity index is 2.23. The molecule has 0 unspecified atom stereocenters. The van der Waals surface area contributed by atoms with Crippen LogP contribution in [0.3, 0.4) is 0 Å². The third-order valence-electron chi connectivity index (χ3n) is 3.54. The van der Waals surface area contributed by atoms with Crippen LogP contribution in [0.1, 0.15) is 75.7 Å². The maximum atomic E-state index is 6.10. The molecule has 0 spiro atoms. The van der Waals surface area contributed by atoms with Crippen molar-refractivity contribution in [2.24, 2.45) is 0 Å². The van der Waals surface area contributed by atoms with Crippen molar-refractivity contribution in [2.75, 3.05) is 0 Å². The molecule has 2 nitrogen and oxygen atoms in total. The van der Waals surface area contributed by atoms with Crippen LogP contribution in [0.5, 0.6) is 0 Å². The van der Waals surface area contributed by atoms with Crippen molar-refractivity contribution in [1.82, 2.24) is 9.97 Å².